The molecule has 8 heteroatoms. The molecule has 0 amide bonds. The summed E-state index contributed by atoms with van der Waals surface area (Å²) in [4.78, 5) is 0. The standard InChI is InChI=1S/C20H42O6S2/c1-7-21-19(22-8-2,23-9-3)15-13-17-27-28-18-14-16-20(24-10-4,25-11-5)26-12-6/h7-18H2,1-6H3. The molecule has 0 aromatic rings. The smallest absolute Gasteiger partial charge is 0.282 e. The van der Waals surface area contributed by atoms with Gasteiger partial charge in [0.15, 0.2) is 0 Å². The van der Waals surface area contributed by atoms with Crippen LogP contribution in [0.1, 0.15) is 67.2 Å². The van der Waals surface area contributed by atoms with Gasteiger partial charge in [0.25, 0.3) is 11.9 Å². The fraction of sp³-hybridized carbons (Fsp3) is 1.00. The molecule has 0 rings (SSSR count). The first kappa shape index (κ1) is 28.5. The maximum atomic E-state index is 5.76. The Morgan fingerprint density at radius 1 is 0.464 bits per heavy atom. The first-order valence-electron chi connectivity index (χ1n) is 10.7. The van der Waals surface area contributed by atoms with Crippen molar-refractivity contribution in [2.24, 2.45) is 0 Å². The van der Waals surface area contributed by atoms with E-state index in [2.05, 4.69) is 0 Å². The van der Waals surface area contributed by atoms with E-state index in [4.69, 9.17) is 28.4 Å². The van der Waals surface area contributed by atoms with Crippen LogP contribution >= 0.6 is 21.6 Å². The zero-order chi connectivity index (χ0) is 21.1. The van der Waals surface area contributed by atoms with Gasteiger partial charge in [-0.3, -0.25) is 0 Å². The van der Waals surface area contributed by atoms with E-state index in [1.54, 1.807) is 0 Å². The monoisotopic (exact) mass is 442 g/mol. The van der Waals surface area contributed by atoms with Crippen molar-refractivity contribution in [2.45, 2.75) is 79.2 Å². The zero-order valence-electron chi connectivity index (χ0n) is 18.8. The Kier molecular flexibility index (Phi) is 18.5. The number of ether oxygens (including phenoxy) is 6. The Balaban J connectivity index is 4.14. The third kappa shape index (κ3) is 12.2. The summed E-state index contributed by atoms with van der Waals surface area (Å²) >= 11 is 0. The largest absolute Gasteiger partial charge is 0.328 e. The first-order valence-corrected chi connectivity index (χ1v) is 13.1. The first-order chi connectivity index (χ1) is 13.6. The Labute approximate surface area is 180 Å². The molecular weight excluding hydrogens is 400 g/mol. The summed E-state index contributed by atoms with van der Waals surface area (Å²) in [6.45, 7) is 15.2. The minimum Gasteiger partial charge on any atom is -0.328 e. The highest BCUT2D eigenvalue weighted by molar-refractivity contribution is 8.76. The Morgan fingerprint density at radius 3 is 0.929 bits per heavy atom. The number of rotatable bonds is 21. The van der Waals surface area contributed by atoms with E-state index in [1.807, 2.05) is 63.1 Å². The summed E-state index contributed by atoms with van der Waals surface area (Å²) in [5, 5.41) is 0. The predicted molar refractivity (Wildman–Crippen MR) is 119 cm³/mol. The van der Waals surface area contributed by atoms with Gasteiger partial charge < -0.3 is 28.4 Å². The summed E-state index contributed by atoms with van der Waals surface area (Å²) in [5.74, 6) is 0.255. The molecular formula is C20H42O6S2. The predicted octanol–water partition coefficient (Wildman–Crippen LogP) is 5.45. The van der Waals surface area contributed by atoms with Crippen LogP contribution in [-0.4, -0.2) is 63.1 Å². The van der Waals surface area contributed by atoms with Crippen molar-refractivity contribution in [3.63, 3.8) is 0 Å². The van der Waals surface area contributed by atoms with Crippen molar-refractivity contribution in [1.82, 2.24) is 0 Å². The lowest BCUT2D eigenvalue weighted by atomic mass is 10.3. The third-order valence-electron chi connectivity index (χ3n) is 3.69. The van der Waals surface area contributed by atoms with Crippen molar-refractivity contribution in [1.29, 1.82) is 0 Å². The highest BCUT2D eigenvalue weighted by Gasteiger charge is 2.32. The summed E-state index contributed by atoms with van der Waals surface area (Å²) < 4.78 is 34.6. The molecule has 0 saturated carbocycles. The fourth-order valence-electron chi connectivity index (χ4n) is 2.82. The van der Waals surface area contributed by atoms with E-state index in [9.17, 15) is 0 Å². The van der Waals surface area contributed by atoms with Gasteiger partial charge in [-0.25, -0.2) is 0 Å². The van der Waals surface area contributed by atoms with Gasteiger partial charge in [0.05, 0.1) is 0 Å². The van der Waals surface area contributed by atoms with E-state index in [0.717, 1.165) is 37.2 Å². The van der Waals surface area contributed by atoms with Gasteiger partial charge in [-0.05, 0) is 54.4 Å². The van der Waals surface area contributed by atoms with Crippen LogP contribution in [0.15, 0.2) is 0 Å². The topological polar surface area (TPSA) is 55.4 Å². The lowest BCUT2D eigenvalue weighted by Crippen LogP contribution is -2.39. The molecule has 0 aliphatic heterocycles. The summed E-state index contributed by atoms with van der Waals surface area (Å²) in [5.41, 5.74) is 0. The highest BCUT2D eigenvalue weighted by atomic mass is 33.1. The average Bonchev–Trinajstić information content (AvgIpc) is 2.65. The summed E-state index contributed by atoms with van der Waals surface area (Å²) in [7, 11) is 3.73. The van der Waals surface area contributed by atoms with Crippen molar-refractivity contribution < 1.29 is 28.4 Å². The third-order valence-corrected chi connectivity index (χ3v) is 6.27. The van der Waals surface area contributed by atoms with Gasteiger partial charge in [0.2, 0.25) is 0 Å². The molecule has 0 bridgehead atoms. The van der Waals surface area contributed by atoms with Crippen molar-refractivity contribution in [3.05, 3.63) is 0 Å². The van der Waals surface area contributed by atoms with E-state index < -0.39 is 11.9 Å². The van der Waals surface area contributed by atoms with Crippen LogP contribution in [0.4, 0.5) is 0 Å². The molecule has 0 fully saturated rings. The van der Waals surface area contributed by atoms with Crippen molar-refractivity contribution in [3.8, 4) is 0 Å². The van der Waals surface area contributed by atoms with Gasteiger partial charge in [0.1, 0.15) is 0 Å². The van der Waals surface area contributed by atoms with E-state index in [0.29, 0.717) is 39.6 Å². The van der Waals surface area contributed by atoms with Crippen LogP contribution in [0.2, 0.25) is 0 Å². The van der Waals surface area contributed by atoms with Crippen LogP contribution in [0, 0.1) is 0 Å². The molecule has 0 aromatic heterocycles. The molecule has 6 nitrogen and oxygen atoms in total. The molecule has 0 N–H and O–H groups in total. The molecule has 0 radical (unpaired) electrons. The summed E-state index contributed by atoms with van der Waals surface area (Å²) in [6.07, 6.45) is 3.41. The van der Waals surface area contributed by atoms with Gasteiger partial charge in [-0.1, -0.05) is 21.6 Å². The Morgan fingerprint density at radius 2 is 0.714 bits per heavy atom. The molecule has 0 heterocycles. The fourth-order valence-corrected chi connectivity index (χ4v) is 4.99. The molecule has 170 valence electrons. The molecule has 0 unspecified atom stereocenters. The highest BCUT2D eigenvalue weighted by Crippen LogP contribution is 2.30. The molecule has 0 atom stereocenters. The molecule has 0 aliphatic rings. The van der Waals surface area contributed by atoms with Crippen LogP contribution in [0.25, 0.3) is 0 Å². The normalized spacial score (nSPS) is 12.6. The number of hydrogen-bond donors (Lipinski definition) is 0. The average molecular weight is 443 g/mol. The Hall–Kier alpha value is 0.460. The molecule has 0 aliphatic carbocycles. The minimum absolute atomic E-state index is 0.573. The molecule has 28 heavy (non-hydrogen) atoms. The van der Waals surface area contributed by atoms with Crippen molar-refractivity contribution >= 4 is 21.6 Å². The Bertz CT molecular complexity index is 281. The second kappa shape index (κ2) is 18.2. The van der Waals surface area contributed by atoms with Crippen LogP contribution in [0.5, 0.6) is 0 Å². The van der Waals surface area contributed by atoms with Gasteiger partial charge in [0, 0.05) is 64.0 Å². The maximum Gasteiger partial charge on any atom is 0.282 e. The summed E-state index contributed by atoms with van der Waals surface area (Å²) in [6, 6.07) is 0. The van der Waals surface area contributed by atoms with Gasteiger partial charge in [-0.15, -0.1) is 0 Å². The van der Waals surface area contributed by atoms with Gasteiger partial charge in [-0.2, -0.15) is 0 Å². The van der Waals surface area contributed by atoms with Crippen LogP contribution in [0.3, 0.4) is 0 Å². The molecule has 0 saturated heterocycles. The lowest BCUT2D eigenvalue weighted by molar-refractivity contribution is -0.380. The maximum absolute atomic E-state index is 5.76. The quantitative estimate of drug-likeness (QED) is 0.132. The zero-order valence-corrected chi connectivity index (χ0v) is 20.4. The molecule has 0 aromatic carbocycles. The SMILES string of the molecule is CCOC(CCCSSCCCC(OCC)(OCC)OCC)(OCC)OCC. The molecule has 0 spiro atoms. The second-order valence-electron chi connectivity index (χ2n) is 5.82. The van der Waals surface area contributed by atoms with Crippen LogP contribution < -0.4 is 0 Å². The van der Waals surface area contributed by atoms with E-state index in [1.165, 1.54) is 0 Å². The van der Waals surface area contributed by atoms with Gasteiger partial charge >= 0.3 is 0 Å². The van der Waals surface area contributed by atoms with E-state index in [-0.39, 0.29) is 0 Å². The van der Waals surface area contributed by atoms with Crippen molar-refractivity contribution in [2.75, 3.05) is 51.1 Å². The minimum atomic E-state index is -0.893. The lowest BCUT2D eigenvalue weighted by Gasteiger charge is -2.32. The number of hydrogen-bond acceptors (Lipinski definition) is 8. The second-order valence-corrected chi connectivity index (χ2v) is 8.52. The van der Waals surface area contributed by atoms with E-state index >= 15 is 0 Å². The van der Waals surface area contributed by atoms with Crippen LogP contribution in [-0.2, 0) is 28.4 Å².